The lowest BCUT2D eigenvalue weighted by Crippen LogP contribution is -2.26. The van der Waals surface area contributed by atoms with Crippen LogP contribution in [0.15, 0.2) is 18.3 Å². The molecule has 0 aliphatic carbocycles. The summed E-state index contributed by atoms with van der Waals surface area (Å²) in [5, 5.41) is 0. The quantitative estimate of drug-likeness (QED) is 0.764. The van der Waals surface area contributed by atoms with Crippen LogP contribution >= 0.6 is 0 Å². The molecule has 2 heterocycles. The maximum absolute atomic E-state index is 13.7. The van der Waals surface area contributed by atoms with E-state index in [4.69, 9.17) is 0 Å². The van der Waals surface area contributed by atoms with Crippen molar-refractivity contribution in [2.24, 2.45) is 0 Å². The van der Waals surface area contributed by atoms with Crippen molar-refractivity contribution < 1.29 is 4.39 Å². The Labute approximate surface area is 96.5 Å². The molecule has 3 heteroatoms. The van der Waals surface area contributed by atoms with Crippen molar-refractivity contribution in [2.45, 2.75) is 38.8 Å². The van der Waals surface area contributed by atoms with Crippen LogP contribution in [-0.2, 0) is 0 Å². The first-order valence-electron chi connectivity index (χ1n) is 5.88. The molecule has 0 bridgehead atoms. The average Bonchev–Trinajstić information content (AvgIpc) is 2.59. The molecule has 1 aromatic heterocycles. The number of anilines is 1. The van der Waals surface area contributed by atoms with Crippen LogP contribution in [0.3, 0.4) is 0 Å². The van der Waals surface area contributed by atoms with Gasteiger partial charge in [-0.1, -0.05) is 13.8 Å². The van der Waals surface area contributed by atoms with Crippen molar-refractivity contribution in [1.82, 2.24) is 4.98 Å². The molecular weight excluding hydrogens is 203 g/mol. The first-order chi connectivity index (χ1) is 7.48. The van der Waals surface area contributed by atoms with Crippen LogP contribution in [0.2, 0.25) is 0 Å². The van der Waals surface area contributed by atoms with Gasteiger partial charge < -0.3 is 4.90 Å². The summed E-state index contributed by atoms with van der Waals surface area (Å²) in [6, 6.07) is 4.10. The first-order valence-corrected chi connectivity index (χ1v) is 5.88. The number of nitrogens with zero attached hydrogens (tertiary/aromatic N) is 2. The fraction of sp³-hybridized carbons (Fsp3) is 0.615. The lowest BCUT2D eigenvalue weighted by molar-refractivity contribution is 0.221. The van der Waals surface area contributed by atoms with Gasteiger partial charge in [0.2, 0.25) is 0 Å². The number of hydrogen-bond donors (Lipinski definition) is 0. The zero-order valence-electron chi connectivity index (χ0n) is 10.2. The fourth-order valence-corrected chi connectivity index (χ4v) is 2.09. The molecule has 0 radical (unpaired) electrons. The van der Waals surface area contributed by atoms with E-state index in [0.29, 0.717) is 18.9 Å². The largest absolute Gasteiger partial charge is 0.353 e. The van der Waals surface area contributed by atoms with E-state index in [1.807, 2.05) is 17.2 Å². The summed E-state index contributed by atoms with van der Waals surface area (Å²) in [5.74, 6) is 1.40. The minimum absolute atomic E-state index is 0.460. The number of halogens is 1. The van der Waals surface area contributed by atoms with E-state index in [1.165, 1.54) is 5.56 Å². The number of alkyl halides is 1. The lowest BCUT2D eigenvalue weighted by atomic mass is 10.1. The second-order valence-corrected chi connectivity index (χ2v) is 5.19. The second-order valence-electron chi connectivity index (χ2n) is 5.19. The molecule has 1 unspecified atom stereocenters. The Hall–Kier alpha value is -1.12. The smallest absolute Gasteiger partial charge is 0.128 e. The fourth-order valence-electron chi connectivity index (χ4n) is 2.09. The summed E-state index contributed by atoms with van der Waals surface area (Å²) < 4.78 is 13.7. The van der Waals surface area contributed by atoms with Crippen LogP contribution in [0.5, 0.6) is 0 Å². The van der Waals surface area contributed by atoms with Gasteiger partial charge in [0.1, 0.15) is 11.5 Å². The molecule has 1 aromatic rings. The molecule has 2 rings (SSSR count). The third-order valence-electron chi connectivity index (χ3n) is 3.18. The first kappa shape index (κ1) is 11.4. The van der Waals surface area contributed by atoms with Gasteiger partial charge in [-0.3, -0.25) is 0 Å². The van der Waals surface area contributed by atoms with Gasteiger partial charge in [0.05, 0.1) is 6.54 Å². The third-order valence-corrected chi connectivity index (χ3v) is 3.18. The molecule has 1 fully saturated rings. The number of pyridine rings is 1. The normalized spacial score (nSPS) is 25.4. The topological polar surface area (TPSA) is 16.1 Å². The Morgan fingerprint density at radius 3 is 2.81 bits per heavy atom. The summed E-state index contributed by atoms with van der Waals surface area (Å²) in [4.78, 5) is 6.36. The van der Waals surface area contributed by atoms with Crippen LogP contribution in [-0.4, -0.2) is 23.7 Å². The highest BCUT2D eigenvalue weighted by Crippen LogP contribution is 2.29. The van der Waals surface area contributed by atoms with Gasteiger partial charge in [-0.25, -0.2) is 9.37 Å². The van der Waals surface area contributed by atoms with Gasteiger partial charge in [-0.15, -0.1) is 0 Å². The molecule has 0 N–H and O–H groups in total. The molecule has 1 saturated heterocycles. The summed E-state index contributed by atoms with van der Waals surface area (Å²) in [6.07, 6.45) is 2.42. The average molecular weight is 222 g/mol. The van der Waals surface area contributed by atoms with Crippen LogP contribution in [0.1, 0.15) is 38.7 Å². The highest BCUT2D eigenvalue weighted by Gasteiger charge is 2.34. The van der Waals surface area contributed by atoms with Gasteiger partial charge in [0.15, 0.2) is 0 Å². The van der Waals surface area contributed by atoms with Crippen molar-refractivity contribution in [1.29, 1.82) is 0 Å². The minimum Gasteiger partial charge on any atom is -0.353 e. The van der Waals surface area contributed by atoms with Crippen LogP contribution in [0.25, 0.3) is 0 Å². The molecule has 1 aliphatic rings. The predicted molar refractivity (Wildman–Crippen MR) is 64.7 cm³/mol. The molecular formula is C13H19FN2. The summed E-state index contributed by atoms with van der Waals surface area (Å²) in [7, 11) is 0. The lowest BCUT2D eigenvalue weighted by Gasteiger charge is -2.19. The predicted octanol–water partition coefficient (Wildman–Crippen LogP) is 3.14. The second kappa shape index (κ2) is 4.04. The highest BCUT2D eigenvalue weighted by molar-refractivity contribution is 5.43. The third kappa shape index (κ3) is 2.34. The number of rotatable bonds is 2. The molecule has 0 amide bonds. The summed E-state index contributed by atoms with van der Waals surface area (Å²) in [6.45, 7) is 7.20. The van der Waals surface area contributed by atoms with Crippen molar-refractivity contribution in [3.63, 3.8) is 0 Å². The standard InChI is InChI=1S/C13H19FN2/c1-10(2)11-4-6-15-12(8-11)16-7-5-13(3,14)9-16/h4,6,8,10H,5,7,9H2,1-3H3. The molecule has 1 aliphatic heterocycles. The van der Waals surface area contributed by atoms with E-state index in [0.717, 1.165) is 12.4 Å². The van der Waals surface area contributed by atoms with Crippen molar-refractivity contribution in [2.75, 3.05) is 18.0 Å². The van der Waals surface area contributed by atoms with Crippen molar-refractivity contribution in [3.05, 3.63) is 23.9 Å². The van der Waals surface area contributed by atoms with Gasteiger partial charge in [-0.2, -0.15) is 0 Å². The molecule has 0 spiro atoms. The monoisotopic (exact) mass is 222 g/mol. The van der Waals surface area contributed by atoms with E-state index >= 15 is 0 Å². The van der Waals surface area contributed by atoms with Crippen LogP contribution < -0.4 is 4.90 Å². The zero-order chi connectivity index (χ0) is 11.8. The Kier molecular flexibility index (Phi) is 2.87. The molecule has 0 aromatic carbocycles. The van der Waals surface area contributed by atoms with Gasteiger partial charge in [-0.05, 0) is 30.5 Å². The van der Waals surface area contributed by atoms with Crippen molar-refractivity contribution >= 4 is 5.82 Å². The van der Waals surface area contributed by atoms with Gasteiger partial charge >= 0.3 is 0 Å². The molecule has 88 valence electrons. The summed E-state index contributed by atoms with van der Waals surface area (Å²) in [5.41, 5.74) is 0.202. The van der Waals surface area contributed by atoms with E-state index in [9.17, 15) is 4.39 Å². The van der Waals surface area contributed by atoms with Gasteiger partial charge in [0.25, 0.3) is 0 Å². The van der Waals surface area contributed by atoms with E-state index in [2.05, 4.69) is 24.9 Å². The molecule has 16 heavy (non-hydrogen) atoms. The number of hydrogen-bond acceptors (Lipinski definition) is 2. The van der Waals surface area contributed by atoms with E-state index in [-0.39, 0.29) is 0 Å². The van der Waals surface area contributed by atoms with E-state index in [1.54, 1.807) is 6.92 Å². The Balaban J connectivity index is 2.19. The Bertz CT molecular complexity index is 374. The maximum atomic E-state index is 13.7. The maximum Gasteiger partial charge on any atom is 0.128 e. The Morgan fingerprint density at radius 2 is 2.25 bits per heavy atom. The van der Waals surface area contributed by atoms with E-state index < -0.39 is 5.67 Å². The minimum atomic E-state index is -1.06. The molecule has 0 saturated carbocycles. The molecule has 2 nitrogen and oxygen atoms in total. The summed E-state index contributed by atoms with van der Waals surface area (Å²) >= 11 is 0. The SMILES string of the molecule is CC(C)c1ccnc(N2CCC(C)(F)C2)c1. The van der Waals surface area contributed by atoms with Crippen LogP contribution in [0.4, 0.5) is 10.2 Å². The van der Waals surface area contributed by atoms with Crippen LogP contribution in [0, 0.1) is 0 Å². The van der Waals surface area contributed by atoms with Gasteiger partial charge in [0, 0.05) is 19.2 Å². The zero-order valence-corrected chi connectivity index (χ0v) is 10.2. The number of aromatic nitrogens is 1. The van der Waals surface area contributed by atoms with Crippen molar-refractivity contribution in [3.8, 4) is 0 Å². The Morgan fingerprint density at radius 1 is 1.50 bits per heavy atom. The highest BCUT2D eigenvalue weighted by atomic mass is 19.1. The molecule has 1 atom stereocenters.